The highest BCUT2D eigenvalue weighted by atomic mass is 35.5. The molecule has 0 aliphatic heterocycles. The fourth-order valence-corrected chi connectivity index (χ4v) is 5.23. The average molecular weight is 604 g/mol. The highest BCUT2D eigenvalue weighted by Crippen LogP contribution is 2.26. The van der Waals surface area contributed by atoms with E-state index in [0.717, 1.165) is 47.8 Å². The van der Waals surface area contributed by atoms with E-state index in [0.29, 0.717) is 22.0 Å². The molecule has 3 heterocycles. The van der Waals surface area contributed by atoms with E-state index in [4.69, 9.17) is 11.6 Å². The Hall–Kier alpha value is -3.84. The maximum atomic E-state index is 13.2. The van der Waals surface area contributed by atoms with Gasteiger partial charge in [0.25, 0.3) is 0 Å². The highest BCUT2D eigenvalue weighted by molar-refractivity contribution is 6.30. The number of aliphatic hydroxyl groups is 1. The third-order valence-electron chi connectivity index (χ3n) is 7.35. The van der Waals surface area contributed by atoms with Gasteiger partial charge in [0.05, 0.1) is 24.3 Å². The lowest BCUT2D eigenvalue weighted by Crippen LogP contribution is -2.37. The van der Waals surface area contributed by atoms with Gasteiger partial charge in [0, 0.05) is 22.7 Å². The van der Waals surface area contributed by atoms with Crippen molar-refractivity contribution < 1.29 is 23.1 Å². The van der Waals surface area contributed by atoms with Crippen molar-refractivity contribution in [3.63, 3.8) is 0 Å². The molecule has 0 bridgehead atoms. The summed E-state index contributed by atoms with van der Waals surface area (Å²) in [5, 5.41) is 18.8. The lowest BCUT2D eigenvalue weighted by atomic mass is 9.92. The van der Waals surface area contributed by atoms with Crippen LogP contribution < -0.4 is 5.69 Å². The van der Waals surface area contributed by atoms with Crippen LogP contribution >= 0.6 is 11.6 Å². The summed E-state index contributed by atoms with van der Waals surface area (Å²) in [4.78, 5) is 34.9. The molecule has 222 valence electrons. The molecule has 10 nitrogen and oxygen atoms in total. The monoisotopic (exact) mass is 603 g/mol. The van der Waals surface area contributed by atoms with Crippen molar-refractivity contribution in [3.05, 3.63) is 75.9 Å². The molecule has 0 spiro atoms. The first-order valence-electron chi connectivity index (χ1n) is 13.7. The molecule has 1 N–H and O–H groups in total. The second kappa shape index (κ2) is 12.6. The summed E-state index contributed by atoms with van der Waals surface area (Å²) >= 11 is 5.94. The number of benzene rings is 1. The van der Waals surface area contributed by atoms with Gasteiger partial charge in [-0.15, -0.1) is 10.2 Å². The molecule has 5 rings (SSSR count). The number of nitrogens with zero attached hydrogens (tertiary/aromatic N) is 7. The van der Waals surface area contributed by atoms with E-state index in [2.05, 4.69) is 20.2 Å². The zero-order valence-corrected chi connectivity index (χ0v) is 23.3. The third-order valence-corrected chi connectivity index (χ3v) is 7.61. The number of hydrogen-bond acceptors (Lipinski definition) is 7. The molecule has 0 saturated heterocycles. The van der Waals surface area contributed by atoms with Crippen LogP contribution in [0, 0.1) is 5.92 Å². The van der Waals surface area contributed by atoms with Crippen LogP contribution in [-0.4, -0.2) is 57.3 Å². The van der Waals surface area contributed by atoms with Gasteiger partial charge in [0.15, 0.2) is 17.8 Å². The normalized spacial score (nSPS) is 15.5. The van der Waals surface area contributed by atoms with Gasteiger partial charge in [-0.25, -0.2) is 19.1 Å². The zero-order chi connectivity index (χ0) is 29.9. The maximum absolute atomic E-state index is 13.2. The van der Waals surface area contributed by atoms with Crippen molar-refractivity contribution in [3.8, 4) is 17.1 Å². The minimum Gasteiger partial charge on any atom is -0.382 e. The number of ketones is 1. The third kappa shape index (κ3) is 6.79. The Bertz CT molecular complexity index is 1590. The summed E-state index contributed by atoms with van der Waals surface area (Å²) in [7, 11) is 0. The number of carbonyl (C=O) groups is 1. The van der Waals surface area contributed by atoms with Crippen LogP contribution in [0.25, 0.3) is 17.1 Å². The van der Waals surface area contributed by atoms with Gasteiger partial charge in [-0.3, -0.25) is 14.3 Å². The van der Waals surface area contributed by atoms with Crippen LogP contribution in [0.1, 0.15) is 50.0 Å². The molecule has 1 fully saturated rings. The molecule has 1 saturated carbocycles. The second-order valence-corrected chi connectivity index (χ2v) is 10.8. The van der Waals surface area contributed by atoms with Gasteiger partial charge in [-0.05, 0) is 49.2 Å². The fourth-order valence-electron chi connectivity index (χ4n) is 5.10. The van der Waals surface area contributed by atoms with E-state index >= 15 is 0 Å². The van der Waals surface area contributed by atoms with Crippen molar-refractivity contribution in [2.75, 3.05) is 0 Å². The van der Waals surface area contributed by atoms with Crippen molar-refractivity contribution in [1.29, 1.82) is 0 Å². The molecule has 1 aliphatic rings. The van der Waals surface area contributed by atoms with Crippen LogP contribution in [0.2, 0.25) is 5.02 Å². The van der Waals surface area contributed by atoms with E-state index in [-0.39, 0.29) is 36.3 Å². The molecule has 1 atom stereocenters. The van der Waals surface area contributed by atoms with Crippen molar-refractivity contribution >= 4 is 17.4 Å². The van der Waals surface area contributed by atoms with Crippen molar-refractivity contribution in [1.82, 2.24) is 34.1 Å². The number of carbonyl (C=O) groups excluding carboxylic acids is 1. The first-order valence-corrected chi connectivity index (χ1v) is 14.0. The van der Waals surface area contributed by atoms with E-state index < -0.39 is 24.5 Å². The predicted octanol–water partition coefficient (Wildman–Crippen LogP) is 4.39. The van der Waals surface area contributed by atoms with Gasteiger partial charge in [-0.2, -0.15) is 13.2 Å². The van der Waals surface area contributed by atoms with Crippen LogP contribution in [0.3, 0.4) is 0 Å². The lowest BCUT2D eigenvalue weighted by molar-refractivity contribution is -0.207. The summed E-state index contributed by atoms with van der Waals surface area (Å²) < 4.78 is 42.6. The largest absolute Gasteiger partial charge is 0.416 e. The Balaban J connectivity index is 1.40. The summed E-state index contributed by atoms with van der Waals surface area (Å²) in [6.07, 6.45) is 1.62. The van der Waals surface area contributed by atoms with Crippen molar-refractivity contribution in [2.24, 2.45) is 5.92 Å². The minimum atomic E-state index is -4.93. The summed E-state index contributed by atoms with van der Waals surface area (Å²) in [6, 6.07) is 9.53. The molecular formula is C28H29ClF3N7O3. The SMILES string of the molecule is O=C(Cc1ncccc1-n1cnc(Cn2nc(-c3ccc(Cl)cc3)n(C[C@H](O)C(F)(F)F)c2=O)n1)C1CCCCCC1. The van der Waals surface area contributed by atoms with E-state index in [1.54, 1.807) is 18.3 Å². The second-order valence-electron chi connectivity index (χ2n) is 10.3. The van der Waals surface area contributed by atoms with Gasteiger partial charge in [-0.1, -0.05) is 37.3 Å². The highest BCUT2D eigenvalue weighted by Gasteiger charge is 2.39. The Morgan fingerprint density at radius 1 is 1.05 bits per heavy atom. The number of halogens is 4. The Morgan fingerprint density at radius 3 is 2.45 bits per heavy atom. The van der Waals surface area contributed by atoms with Crippen molar-refractivity contribution in [2.45, 2.75) is 70.3 Å². The molecule has 0 amide bonds. The summed E-state index contributed by atoms with van der Waals surface area (Å²) in [5.41, 5.74) is 0.569. The number of aliphatic hydroxyl groups excluding tert-OH is 1. The topological polar surface area (TPSA) is 121 Å². The van der Waals surface area contributed by atoms with E-state index in [9.17, 15) is 27.9 Å². The first kappa shape index (κ1) is 29.6. The van der Waals surface area contributed by atoms with Crippen LogP contribution in [-0.2, 0) is 24.3 Å². The molecule has 4 aromatic rings. The molecule has 0 radical (unpaired) electrons. The Labute approximate surface area is 243 Å². The Morgan fingerprint density at radius 2 is 1.76 bits per heavy atom. The summed E-state index contributed by atoms with van der Waals surface area (Å²) in [6.45, 7) is -1.30. The predicted molar refractivity (Wildman–Crippen MR) is 147 cm³/mol. The Kier molecular flexibility index (Phi) is 8.88. The molecule has 14 heteroatoms. The average Bonchev–Trinajstić information content (AvgIpc) is 3.41. The molecule has 0 unspecified atom stereocenters. The smallest absolute Gasteiger partial charge is 0.382 e. The number of Topliss-reactive ketones (excluding diaryl/α,β-unsaturated/α-hetero) is 1. The number of pyridine rings is 1. The molecule has 42 heavy (non-hydrogen) atoms. The summed E-state index contributed by atoms with van der Waals surface area (Å²) in [5.74, 6) is 0.239. The van der Waals surface area contributed by atoms with Crippen LogP contribution in [0.5, 0.6) is 0 Å². The molecule has 3 aromatic heterocycles. The van der Waals surface area contributed by atoms with Gasteiger partial charge in [0.1, 0.15) is 18.7 Å². The quantitative estimate of drug-likeness (QED) is 0.282. The zero-order valence-electron chi connectivity index (χ0n) is 22.5. The maximum Gasteiger partial charge on any atom is 0.416 e. The van der Waals surface area contributed by atoms with Gasteiger partial charge in [0.2, 0.25) is 0 Å². The van der Waals surface area contributed by atoms with E-state index in [1.165, 1.54) is 35.3 Å². The van der Waals surface area contributed by atoms with Gasteiger partial charge >= 0.3 is 11.9 Å². The van der Waals surface area contributed by atoms with Crippen LogP contribution in [0.15, 0.2) is 53.7 Å². The molecule has 1 aromatic carbocycles. The number of rotatable bonds is 9. The molecular weight excluding hydrogens is 575 g/mol. The van der Waals surface area contributed by atoms with Gasteiger partial charge < -0.3 is 5.11 Å². The standard InChI is InChI=1S/C28H29ClF3N7O3/c29-20-11-9-19(10-12-20)26-36-38(27(42)37(26)15-24(41)28(30,31)32)16-25-34-17-39(35-25)22-8-5-13-33-21(22)14-23(40)18-6-3-1-2-4-7-18/h5,8-13,17-18,24,41H,1-4,6-7,14-16H2/t24-/m0/s1. The first-order chi connectivity index (χ1) is 20.1. The number of aromatic nitrogens is 7. The van der Waals surface area contributed by atoms with Crippen LogP contribution in [0.4, 0.5) is 13.2 Å². The van der Waals surface area contributed by atoms with E-state index in [1.807, 2.05) is 0 Å². The fraction of sp³-hybridized carbons (Fsp3) is 0.429. The number of alkyl halides is 3. The lowest BCUT2D eigenvalue weighted by Gasteiger charge is -2.15. The molecule has 1 aliphatic carbocycles. The number of hydrogen-bond donors (Lipinski definition) is 1. The minimum absolute atomic E-state index is 0.0151.